The number of hydrogen-bond acceptors (Lipinski definition) is 3. The molecule has 3 rings (SSSR count). The Kier molecular flexibility index (Phi) is 3.84. The second-order valence-corrected chi connectivity index (χ2v) is 5.56. The van der Waals surface area contributed by atoms with Gasteiger partial charge in [-0.25, -0.2) is 4.98 Å². The minimum absolute atomic E-state index is 0.654. The van der Waals surface area contributed by atoms with Crippen LogP contribution in [-0.2, 0) is 4.74 Å². The fraction of sp³-hybridized carbons (Fsp3) is 0.786. The highest BCUT2D eigenvalue weighted by atomic mass is 16.5. The van der Waals surface area contributed by atoms with E-state index in [9.17, 15) is 0 Å². The predicted molar refractivity (Wildman–Crippen MR) is 71.8 cm³/mol. The molecule has 18 heavy (non-hydrogen) atoms. The molecule has 1 aromatic heterocycles. The number of nitrogens with one attached hydrogen (secondary N) is 1. The summed E-state index contributed by atoms with van der Waals surface area (Å²) in [6.45, 7) is 2.81. The third-order valence-electron chi connectivity index (χ3n) is 4.21. The molecular weight excluding hydrogens is 226 g/mol. The molecule has 100 valence electrons. The molecule has 1 saturated heterocycles. The van der Waals surface area contributed by atoms with E-state index in [2.05, 4.69) is 21.1 Å². The molecule has 0 radical (unpaired) electrons. The number of anilines is 1. The van der Waals surface area contributed by atoms with Crippen molar-refractivity contribution in [3.63, 3.8) is 0 Å². The maximum absolute atomic E-state index is 5.41. The number of ether oxygens (including phenoxy) is 1. The van der Waals surface area contributed by atoms with Gasteiger partial charge in [-0.05, 0) is 19.3 Å². The van der Waals surface area contributed by atoms with E-state index in [1.807, 2.05) is 6.20 Å². The summed E-state index contributed by atoms with van der Waals surface area (Å²) in [5, 5.41) is 3.50. The second-order valence-electron chi connectivity index (χ2n) is 5.56. The quantitative estimate of drug-likeness (QED) is 0.892. The molecule has 1 atom stereocenters. The molecule has 0 aromatic carbocycles. The van der Waals surface area contributed by atoms with Gasteiger partial charge in [0.15, 0.2) is 0 Å². The smallest absolute Gasteiger partial charge is 0.203 e. The van der Waals surface area contributed by atoms with Gasteiger partial charge >= 0.3 is 0 Å². The first-order valence-corrected chi connectivity index (χ1v) is 7.28. The lowest BCUT2D eigenvalue weighted by atomic mass is 9.95. The van der Waals surface area contributed by atoms with E-state index < -0.39 is 0 Å². The van der Waals surface area contributed by atoms with Gasteiger partial charge in [0.2, 0.25) is 5.95 Å². The average molecular weight is 249 g/mol. The number of nitrogens with zero attached hydrogens (tertiary/aromatic N) is 2. The molecule has 0 bridgehead atoms. The van der Waals surface area contributed by atoms with Gasteiger partial charge in [0.25, 0.3) is 0 Å². The highest BCUT2D eigenvalue weighted by Crippen LogP contribution is 2.30. The summed E-state index contributed by atoms with van der Waals surface area (Å²) in [6.07, 6.45) is 11.9. The topological polar surface area (TPSA) is 39.1 Å². The number of aromatic nitrogens is 2. The van der Waals surface area contributed by atoms with Crippen molar-refractivity contribution in [3.8, 4) is 0 Å². The summed E-state index contributed by atoms with van der Waals surface area (Å²) in [4.78, 5) is 4.46. The van der Waals surface area contributed by atoms with Crippen molar-refractivity contribution in [1.82, 2.24) is 9.55 Å². The van der Waals surface area contributed by atoms with E-state index in [1.165, 1.54) is 38.5 Å². The molecule has 2 aliphatic rings. The molecule has 1 saturated carbocycles. The lowest BCUT2D eigenvalue weighted by Crippen LogP contribution is -2.19. The first kappa shape index (κ1) is 12.0. The average Bonchev–Trinajstić information content (AvgIpc) is 3.09. The predicted octanol–water partition coefficient (Wildman–Crippen LogP) is 2.84. The van der Waals surface area contributed by atoms with Crippen LogP contribution in [0.2, 0.25) is 0 Å². The van der Waals surface area contributed by atoms with Crippen molar-refractivity contribution in [2.75, 3.05) is 25.1 Å². The summed E-state index contributed by atoms with van der Waals surface area (Å²) in [5.74, 6) is 1.70. The zero-order valence-electron chi connectivity index (χ0n) is 11.0. The zero-order valence-corrected chi connectivity index (χ0v) is 11.0. The fourth-order valence-corrected chi connectivity index (χ4v) is 3.08. The van der Waals surface area contributed by atoms with Crippen LogP contribution in [-0.4, -0.2) is 29.3 Å². The van der Waals surface area contributed by atoms with Crippen LogP contribution >= 0.6 is 0 Å². The Morgan fingerprint density at radius 2 is 2.17 bits per heavy atom. The summed E-state index contributed by atoms with van der Waals surface area (Å²) in [7, 11) is 0. The molecule has 4 heteroatoms. The Morgan fingerprint density at radius 1 is 1.28 bits per heavy atom. The molecule has 0 spiro atoms. The van der Waals surface area contributed by atoms with Crippen LogP contribution in [0.5, 0.6) is 0 Å². The Bertz CT molecular complexity index is 365. The maximum atomic E-state index is 5.41. The van der Waals surface area contributed by atoms with Crippen LogP contribution in [0.3, 0.4) is 0 Å². The summed E-state index contributed by atoms with van der Waals surface area (Å²) >= 11 is 0. The van der Waals surface area contributed by atoms with Crippen LogP contribution in [0.1, 0.15) is 44.6 Å². The van der Waals surface area contributed by atoms with Gasteiger partial charge in [0.05, 0.1) is 6.61 Å². The Hall–Kier alpha value is -1.03. The first-order valence-electron chi connectivity index (χ1n) is 7.28. The number of hydrogen-bond donors (Lipinski definition) is 1. The van der Waals surface area contributed by atoms with E-state index in [0.29, 0.717) is 12.0 Å². The largest absolute Gasteiger partial charge is 0.381 e. The summed E-state index contributed by atoms with van der Waals surface area (Å²) in [6, 6.07) is 0.656. The van der Waals surface area contributed by atoms with Crippen molar-refractivity contribution in [1.29, 1.82) is 0 Å². The van der Waals surface area contributed by atoms with Crippen molar-refractivity contribution in [2.24, 2.45) is 5.92 Å². The maximum Gasteiger partial charge on any atom is 0.203 e. The molecule has 2 fully saturated rings. The number of rotatable bonds is 4. The van der Waals surface area contributed by atoms with Crippen molar-refractivity contribution >= 4 is 5.95 Å². The highest BCUT2D eigenvalue weighted by molar-refractivity contribution is 5.27. The minimum Gasteiger partial charge on any atom is -0.381 e. The van der Waals surface area contributed by atoms with E-state index in [-0.39, 0.29) is 0 Å². The minimum atomic E-state index is 0.654. The van der Waals surface area contributed by atoms with Crippen LogP contribution in [0.15, 0.2) is 12.4 Å². The molecule has 0 amide bonds. The normalized spacial score (nSPS) is 25.4. The van der Waals surface area contributed by atoms with Crippen molar-refractivity contribution in [2.45, 2.75) is 44.6 Å². The molecule has 1 N–H and O–H groups in total. The van der Waals surface area contributed by atoms with E-state index in [1.54, 1.807) is 0 Å². The van der Waals surface area contributed by atoms with Gasteiger partial charge in [0.1, 0.15) is 0 Å². The summed E-state index contributed by atoms with van der Waals surface area (Å²) < 4.78 is 7.75. The zero-order chi connectivity index (χ0) is 12.2. The van der Waals surface area contributed by atoms with E-state index in [0.717, 1.165) is 25.7 Å². The molecule has 4 nitrogen and oxygen atoms in total. The molecule has 1 unspecified atom stereocenters. The lowest BCUT2D eigenvalue weighted by molar-refractivity contribution is 0.187. The molecule has 2 heterocycles. The Balaban J connectivity index is 1.59. The van der Waals surface area contributed by atoms with Gasteiger partial charge in [-0.3, -0.25) is 0 Å². The molecular formula is C14H23N3O. The van der Waals surface area contributed by atoms with Gasteiger partial charge in [-0.2, -0.15) is 0 Å². The molecule has 1 aliphatic carbocycles. The molecule has 1 aromatic rings. The van der Waals surface area contributed by atoms with Gasteiger partial charge in [-0.1, -0.05) is 19.3 Å². The first-order chi connectivity index (χ1) is 8.93. The van der Waals surface area contributed by atoms with Gasteiger partial charge in [-0.15, -0.1) is 0 Å². The van der Waals surface area contributed by atoms with Crippen LogP contribution in [0.25, 0.3) is 0 Å². The van der Waals surface area contributed by atoms with Gasteiger partial charge in [0, 0.05) is 37.5 Å². The Morgan fingerprint density at radius 3 is 2.94 bits per heavy atom. The highest BCUT2D eigenvalue weighted by Gasteiger charge is 2.19. The van der Waals surface area contributed by atoms with Crippen LogP contribution in [0, 0.1) is 5.92 Å². The van der Waals surface area contributed by atoms with E-state index >= 15 is 0 Å². The number of imidazole rings is 1. The van der Waals surface area contributed by atoms with Crippen LogP contribution < -0.4 is 5.32 Å². The van der Waals surface area contributed by atoms with Gasteiger partial charge < -0.3 is 14.6 Å². The third kappa shape index (κ3) is 2.69. The third-order valence-corrected chi connectivity index (χ3v) is 4.21. The van der Waals surface area contributed by atoms with Crippen molar-refractivity contribution < 1.29 is 4.74 Å². The molecule has 1 aliphatic heterocycles. The van der Waals surface area contributed by atoms with Crippen LogP contribution in [0.4, 0.5) is 5.95 Å². The standard InChI is InChI=1S/C14H23N3O/c1-2-4-13(5-3-1)17-8-7-15-14(17)16-10-12-6-9-18-11-12/h7-8,12-13H,1-6,9-11H2,(H,15,16). The monoisotopic (exact) mass is 249 g/mol. The lowest BCUT2D eigenvalue weighted by Gasteiger charge is -2.25. The van der Waals surface area contributed by atoms with E-state index in [4.69, 9.17) is 4.74 Å². The van der Waals surface area contributed by atoms with Crippen molar-refractivity contribution in [3.05, 3.63) is 12.4 Å². The summed E-state index contributed by atoms with van der Waals surface area (Å²) in [5.41, 5.74) is 0. The Labute approximate surface area is 109 Å². The SMILES string of the molecule is c1cn(C2CCCCC2)c(NCC2CCOC2)n1. The fourth-order valence-electron chi connectivity index (χ4n) is 3.08. The second kappa shape index (κ2) is 5.74.